The van der Waals surface area contributed by atoms with Crippen molar-refractivity contribution in [1.82, 2.24) is 4.90 Å². The number of hydrogen-bond acceptors (Lipinski definition) is 3. The Morgan fingerprint density at radius 2 is 2.04 bits per heavy atom. The summed E-state index contributed by atoms with van der Waals surface area (Å²) < 4.78 is 38.0. The van der Waals surface area contributed by atoms with Crippen LogP contribution >= 0.6 is 0 Å². The van der Waals surface area contributed by atoms with Crippen LogP contribution in [0.3, 0.4) is 0 Å². The van der Waals surface area contributed by atoms with Crippen molar-refractivity contribution in [2.75, 3.05) is 25.0 Å². The molecule has 4 nitrogen and oxygen atoms in total. The number of hydrogen-bond donors (Lipinski definition) is 2. The van der Waals surface area contributed by atoms with E-state index in [2.05, 4.69) is 5.32 Å². The van der Waals surface area contributed by atoms with Gasteiger partial charge in [0.2, 0.25) is 5.91 Å². The molecule has 1 aliphatic rings. The van der Waals surface area contributed by atoms with Gasteiger partial charge in [-0.3, -0.25) is 9.69 Å². The van der Waals surface area contributed by atoms with Crippen molar-refractivity contribution in [2.45, 2.75) is 37.9 Å². The van der Waals surface area contributed by atoms with E-state index in [1.54, 1.807) is 0 Å². The Morgan fingerprint density at radius 1 is 1.30 bits per heavy atom. The van der Waals surface area contributed by atoms with Gasteiger partial charge in [-0.15, -0.1) is 0 Å². The average molecular weight is 330 g/mol. The molecule has 0 unspecified atom stereocenters. The zero-order valence-electron chi connectivity index (χ0n) is 12.8. The predicted octanol–water partition coefficient (Wildman–Crippen LogP) is 2.88. The van der Waals surface area contributed by atoms with Crippen molar-refractivity contribution in [2.24, 2.45) is 0 Å². The molecule has 0 radical (unpaired) electrons. The van der Waals surface area contributed by atoms with Crippen LogP contribution in [0.5, 0.6) is 0 Å². The third kappa shape index (κ3) is 5.84. The van der Waals surface area contributed by atoms with Crippen LogP contribution in [0.2, 0.25) is 0 Å². The number of aliphatic hydroxyl groups excluding tert-OH is 1. The second-order valence-corrected chi connectivity index (χ2v) is 5.76. The van der Waals surface area contributed by atoms with Crippen LogP contribution in [-0.2, 0) is 11.0 Å². The summed E-state index contributed by atoms with van der Waals surface area (Å²) in [6.45, 7) is 0.989. The monoisotopic (exact) mass is 330 g/mol. The lowest BCUT2D eigenvalue weighted by molar-refractivity contribution is -0.137. The van der Waals surface area contributed by atoms with Gasteiger partial charge in [0.25, 0.3) is 0 Å². The molecular weight excluding hydrogens is 309 g/mol. The number of nitrogens with one attached hydrogen (secondary N) is 1. The normalized spacial score (nSPS) is 15.0. The molecule has 1 aromatic rings. The second kappa shape index (κ2) is 7.79. The van der Waals surface area contributed by atoms with Crippen LogP contribution in [0.25, 0.3) is 0 Å². The van der Waals surface area contributed by atoms with E-state index in [1.165, 1.54) is 12.1 Å². The maximum absolute atomic E-state index is 12.7. The zero-order valence-corrected chi connectivity index (χ0v) is 12.8. The van der Waals surface area contributed by atoms with Gasteiger partial charge in [-0.05, 0) is 50.4 Å². The number of carbonyl (C=O) groups excluding carboxylic acids is 1. The third-order valence-electron chi connectivity index (χ3n) is 3.74. The Bertz CT molecular complexity index is 530. The highest BCUT2D eigenvalue weighted by Crippen LogP contribution is 2.31. The fourth-order valence-corrected chi connectivity index (χ4v) is 2.42. The fraction of sp³-hybridized carbons (Fsp3) is 0.562. The summed E-state index contributed by atoms with van der Waals surface area (Å²) in [6, 6.07) is 5.01. The number of benzene rings is 1. The third-order valence-corrected chi connectivity index (χ3v) is 3.74. The van der Waals surface area contributed by atoms with E-state index in [0.717, 1.165) is 31.4 Å². The smallest absolute Gasteiger partial charge is 0.396 e. The summed E-state index contributed by atoms with van der Waals surface area (Å²) in [4.78, 5) is 14.1. The minimum atomic E-state index is -4.43. The molecule has 1 aromatic carbocycles. The molecule has 0 aliphatic heterocycles. The molecule has 2 rings (SSSR count). The predicted molar refractivity (Wildman–Crippen MR) is 81.0 cm³/mol. The molecule has 1 aliphatic carbocycles. The molecule has 2 N–H and O–H groups in total. The van der Waals surface area contributed by atoms with Gasteiger partial charge in [-0.1, -0.05) is 6.07 Å². The topological polar surface area (TPSA) is 52.6 Å². The molecule has 0 spiro atoms. The first kappa shape index (κ1) is 17.7. The summed E-state index contributed by atoms with van der Waals surface area (Å²) in [5.74, 6) is -0.319. The van der Waals surface area contributed by atoms with Gasteiger partial charge in [-0.25, -0.2) is 0 Å². The van der Waals surface area contributed by atoms with Crippen molar-refractivity contribution < 1.29 is 23.1 Å². The molecule has 7 heteroatoms. The van der Waals surface area contributed by atoms with E-state index in [4.69, 9.17) is 5.11 Å². The first-order valence-electron chi connectivity index (χ1n) is 7.72. The number of alkyl halides is 3. The Balaban J connectivity index is 1.90. The lowest BCUT2D eigenvalue weighted by atomic mass is 10.2. The van der Waals surface area contributed by atoms with Gasteiger partial charge in [0, 0.05) is 18.3 Å². The summed E-state index contributed by atoms with van der Waals surface area (Å²) in [5, 5.41) is 11.3. The number of nitrogens with zero attached hydrogens (tertiary/aromatic N) is 1. The average Bonchev–Trinajstić information content (AvgIpc) is 3.30. The molecule has 0 atom stereocenters. The molecule has 1 amide bonds. The van der Waals surface area contributed by atoms with Crippen molar-refractivity contribution in [3.63, 3.8) is 0 Å². The molecule has 1 fully saturated rings. The summed E-state index contributed by atoms with van der Waals surface area (Å²) in [7, 11) is 0. The molecule has 23 heavy (non-hydrogen) atoms. The largest absolute Gasteiger partial charge is 0.416 e. The Kier molecular flexibility index (Phi) is 6.01. The van der Waals surface area contributed by atoms with Crippen LogP contribution in [0.4, 0.5) is 18.9 Å². The number of amides is 1. The quantitative estimate of drug-likeness (QED) is 0.721. The molecule has 0 saturated heterocycles. The lowest BCUT2D eigenvalue weighted by Gasteiger charge is -2.21. The molecule has 1 saturated carbocycles. The van der Waals surface area contributed by atoms with E-state index in [-0.39, 0.29) is 24.7 Å². The van der Waals surface area contributed by atoms with Gasteiger partial charge >= 0.3 is 6.18 Å². The van der Waals surface area contributed by atoms with E-state index in [1.807, 2.05) is 4.90 Å². The fourth-order valence-electron chi connectivity index (χ4n) is 2.42. The molecule has 128 valence electrons. The number of unbranched alkanes of at least 4 members (excludes halogenated alkanes) is 1. The molecule has 0 aromatic heterocycles. The highest BCUT2D eigenvalue weighted by atomic mass is 19.4. The van der Waals surface area contributed by atoms with Crippen LogP contribution in [-0.4, -0.2) is 41.7 Å². The highest BCUT2D eigenvalue weighted by molar-refractivity contribution is 5.92. The van der Waals surface area contributed by atoms with Crippen molar-refractivity contribution in [1.29, 1.82) is 0 Å². The summed E-state index contributed by atoms with van der Waals surface area (Å²) in [6.07, 6.45) is -0.876. The van der Waals surface area contributed by atoms with E-state index in [0.29, 0.717) is 19.0 Å². The van der Waals surface area contributed by atoms with Crippen molar-refractivity contribution >= 4 is 11.6 Å². The van der Waals surface area contributed by atoms with Crippen LogP contribution in [0.1, 0.15) is 31.2 Å². The van der Waals surface area contributed by atoms with Gasteiger partial charge in [0.15, 0.2) is 0 Å². The van der Waals surface area contributed by atoms with Gasteiger partial charge in [0.05, 0.1) is 12.1 Å². The SMILES string of the molecule is O=C(CN(CCCCO)C1CC1)Nc1cccc(C(F)(F)F)c1. The summed E-state index contributed by atoms with van der Waals surface area (Å²) >= 11 is 0. The van der Waals surface area contributed by atoms with E-state index < -0.39 is 11.7 Å². The minimum absolute atomic E-state index is 0.120. The molecular formula is C16H21F3N2O2. The Labute approximate surface area is 133 Å². The van der Waals surface area contributed by atoms with Crippen LogP contribution in [0.15, 0.2) is 24.3 Å². The van der Waals surface area contributed by atoms with Crippen LogP contribution < -0.4 is 5.32 Å². The second-order valence-electron chi connectivity index (χ2n) is 5.76. The first-order valence-corrected chi connectivity index (χ1v) is 7.72. The number of anilines is 1. The Hall–Kier alpha value is -1.60. The van der Waals surface area contributed by atoms with E-state index >= 15 is 0 Å². The van der Waals surface area contributed by atoms with Crippen molar-refractivity contribution in [3.05, 3.63) is 29.8 Å². The van der Waals surface area contributed by atoms with Crippen LogP contribution in [0, 0.1) is 0 Å². The van der Waals surface area contributed by atoms with Gasteiger partial charge < -0.3 is 10.4 Å². The number of halogens is 3. The molecule has 0 bridgehead atoms. The zero-order chi connectivity index (χ0) is 16.9. The van der Waals surface area contributed by atoms with Gasteiger partial charge in [0.1, 0.15) is 0 Å². The minimum Gasteiger partial charge on any atom is -0.396 e. The maximum atomic E-state index is 12.7. The maximum Gasteiger partial charge on any atom is 0.416 e. The van der Waals surface area contributed by atoms with Gasteiger partial charge in [-0.2, -0.15) is 13.2 Å². The lowest BCUT2D eigenvalue weighted by Crippen LogP contribution is -2.35. The van der Waals surface area contributed by atoms with E-state index in [9.17, 15) is 18.0 Å². The Morgan fingerprint density at radius 3 is 2.65 bits per heavy atom. The number of aliphatic hydroxyl groups is 1. The number of rotatable bonds is 8. The molecule has 0 heterocycles. The standard InChI is InChI=1S/C16H21F3N2O2/c17-16(18,19)12-4-3-5-13(10-12)20-15(23)11-21(14-6-7-14)8-1-2-9-22/h3-5,10,14,22H,1-2,6-9,11H2,(H,20,23). The summed E-state index contributed by atoms with van der Waals surface area (Å²) in [5.41, 5.74) is -0.631. The first-order chi connectivity index (χ1) is 10.9. The number of carbonyl (C=O) groups is 1. The highest BCUT2D eigenvalue weighted by Gasteiger charge is 2.31. The van der Waals surface area contributed by atoms with Crippen molar-refractivity contribution in [3.8, 4) is 0 Å².